The van der Waals surface area contributed by atoms with Gasteiger partial charge in [-0.25, -0.2) is 4.79 Å². The number of carbonyl (C=O) groups is 1. The highest BCUT2D eigenvalue weighted by Gasteiger charge is 2.20. The van der Waals surface area contributed by atoms with Gasteiger partial charge in [0.2, 0.25) is 0 Å². The maximum atomic E-state index is 11.2. The molecule has 2 aliphatic heterocycles. The number of aliphatic imine (C=N–C) groups is 1. The number of aryl methyl sites for hydroxylation is 1. The zero-order chi connectivity index (χ0) is 26.2. The summed E-state index contributed by atoms with van der Waals surface area (Å²) in [6, 6.07) is 12.0. The Labute approximate surface area is 229 Å². The molecule has 2 aromatic carbocycles. The minimum Gasteiger partial charge on any atom is -0.494 e. The van der Waals surface area contributed by atoms with E-state index < -0.39 is 6.09 Å². The topological polar surface area (TPSA) is 68.6 Å². The molecule has 1 amide bonds. The Morgan fingerprint density at radius 2 is 1.92 bits per heavy atom. The normalized spacial score (nSPS) is 15.8. The lowest BCUT2D eigenvalue weighted by molar-refractivity contribution is 0.149. The molecule has 0 atom stereocenters. The van der Waals surface area contributed by atoms with E-state index in [9.17, 15) is 9.90 Å². The predicted molar refractivity (Wildman–Crippen MR) is 152 cm³/mol. The molecule has 0 bridgehead atoms. The van der Waals surface area contributed by atoms with Gasteiger partial charge in [0.05, 0.1) is 28.0 Å². The fourth-order valence-corrected chi connectivity index (χ4v) is 5.28. The standard InChI is InChI=1S/C28H36Cl2N4O3/c1-2-33(28(35)36)14-12-22-10-8-21-9-11-23(20-25(21)31-22)37-19-4-3-13-32-15-17-34(18-16-32)26-7-5-6-24(29)27(26)30/h5-7,9,11,20H,2-4,8,10,12-19H2,1H3,(H,35,36). The molecule has 0 aliphatic carbocycles. The van der Waals surface area contributed by atoms with Gasteiger partial charge >= 0.3 is 6.09 Å². The van der Waals surface area contributed by atoms with Gasteiger partial charge in [0.1, 0.15) is 5.75 Å². The maximum absolute atomic E-state index is 11.2. The molecular formula is C28H36Cl2N4O3. The van der Waals surface area contributed by atoms with Crippen LogP contribution in [0.15, 0.2) is 41.4 Å². The van der Waals surface area contributed by atoms with Crippen LogP contribution >= 0.6 is 23.2 Å². The average molecular weight is 548 g/mol. The smallest absolute Gasteiger partial charge is 0.407 e. The van der Waals surface area contributed by atoms with Crippen molar-refractivity contribution in [3.63, 3.8) is 0 Å². The van der Waals surface area contributed by atoms with Crippen molar-refractivity contribution in [1.82, 2.24) is 9.80 Å². The third-order valence-electron chi connectivity index (χ3n) is 7.12. The van der Waals surface area contributed by atoms with Crippen LogP contribution in [0.1, 0.15) is 38.2 Å². The van der Waals surface area contributed by atoms with E-state index in [0.717, 1.165) is 81.2 Å². The van der Waals surface area contributed by atoms with Crippen LogP contribution in [-0.4, -0.2) is 79.1 Å². The summed E-state index contributed by atoms with van der Waals surface area (Å²) in [4.78, 5) is 22.3. The number of halogens is 2. The Balaban J connectivity index is 1.17. The molecule has 0 spiro atoms. The van der Waals surface area contributed by atoms with Crippen LogP contribution in [0.2, 0.25) is 10.0 Å². The number of amides is 1. The zero-order valence-electron chi connectivity index (χ0n) is 21.5. The monoisotopic (exact) mass is 546 g/mol. The Hall–Kier alpha value is -2.48. The van der Waals surface area contributed by atoms with E-state index in [1.807, 2.05) is 37.3 Å². The molecule has 7 nitrogen and oxygen atoms in total. The lowest BCUT2D eigenvalue weighted by atomic mass is 10.00. The van der Waals surface area contributed by atoms with Crippen LogP contribution in [0.4, 0.5) is 16.2 Å². The summed E-state index contributed by atoms with van der Waals surface area (Å²) in [6.07, 6.45) is 3.69. The van der Waals surface area contributed by atoms with Crippen LogP contribution < -0.4 is 9.64 Å². The Morgan fingerprint density at radius 3 is 2.68 bits per heavy atom. The van der Waals surface area contributed by atoms with E-state index in [4.69, 9.17) is 32.9 Å². The quantitative estimate of drug-likeness (QED) is 0.331. The highest BCUT2D eigenvalue weighted by molar-refractivity contribution is 6.43. The van der Waals surface area contributed by atoms with E-state index in [2.05, 4.69) is 15.9 Å². The van der Waals surface area contributed by atoms with Crippen LogP contribution in [0, 0.1) is 0 Å². The second-order valence-corrected chi connectivity index (χ2v) is 10.3. The molecule has 1 saturated heterocycles. The molecule has 37 heavy (non-hydrogen) atoms. The lowest BCUT2D eigenvalue weighted by Gasteiger charge is -2.36. The third-order valence-corrected chi connectivity index (χ3v) is 7.93. The van der Waals surface area contributed by atoms with E-state index in [1.165, 1.54) is 10.5 Å². The van der Waals surface area contributed by atoms with Crippen molar-refractivity contribution in [2.45, 2.75) is 39.0 Å². The molecule has 1 N–H and O–H groups in total. The van der Waals surface area contributed by atoms with Gasteiger partial charge in [-0.15, -0.1) is 0 Å². The second-order valence-electron chi connectivity index (χ2n) is 9.54. The number of fused-ring (bicyclic) bond motifs is 1. The van der Waals surface area contributed by atoms with Gasteiger partial charge in [-0.3, -0.25) is 9.89 Å². The number of anilines is 1. The van der Waals surface area contributed by atoms with Crippen molar-refractivity contribution in [2.24, 2.45) is 4.99 Å². The number of unbranched alkanes of at least 4 members (excludes halogenated alkanes) is 1. The fourth-order valence-electron chi connectivity index (χ4n) is 4.86. The van der Waals surface area contributed by atoms with Gasteiger partial charge in [0.15, 0.2) is 0 Å². The molecule has 0 saturated carbocycles. The number of piperazine rings is 1. The number of hydrogen-bond donors (Lipinski definition) is 1. The molecule has 9 heteroatoms. The van der Waals surface area contributed by atoms with E-state index in [0.29, 0.717) is 36.2 Å². The second kappa shape index (κ2) is 13.4. The number of benzene rings is 2. The molecule has 2 aliphatic rings. The van der Waals surface area contributed by atoms with Crippen molar-refractivity contribution >= 4 is 46.4 Å². The molecule has 0 aromatic heterocycles. The SMILES string of the molecule is CCN(CCC1=Nc2cc(OCCCCN3CCN(c4cccc(Cl)c4Cl)CC3)ccc2CC1)C(=O)O. The van der Waals surface area contributed by atoms with Crippen molar-refractivity contribution in [3.05, 3.63) is 52.0 Å². The number of carboxylic acid groups (broad SMARTS) is 1. The number of nitrogens with zero attached hydrogens (tertiary/aromatic N) is 4. The first-order valence-electron chi connectivity index (χ1n) is 13.2. The first-order chi connectivity index (χ1) is 17.9. The van der Waals surface area contributed by atoms with Gasteiger partial charge in [0, 0.05) is 57.5 Å². The Kier molecular flexibility index (Phi) is 9.95. The summed E-state index contributed by atoms with van der Waals surface area (Å²) in [5, 5.41) is 10.5. The highest BCUT2D eigenvalue weighted by atomic mass is 35.5. The predicted octanol–water partition coefficient (Wildman–Crippen LogP) is 6.38. The largest absolute Gasteiger partial charge is 0.494 e. The van der Waals surface area contributed by atoms with Crippen LogP contribution in [0.5, 0.6) is 5.75 Å². The van der Waals surface area contributed by atoms with Gasteiger partial charge in [0.25, 0.3) is 0 Å². The maximum Gasteiger partial charge on any atom is 0.407 e. The Bertz CT molecular complexity index is 1100. The molecular weight excluding hydrogens is 511 g/mol. The molecule has 200 valence electrons. The Morgan fingerprint density at radius 1 is 1.11 bits per heavy atom. The zero-order valence-corrected chi connectivity index (χ0v) is 23.0. The van der Waals surface area contributed by atoms with E-state index >= 15 is 0 Å². The first-order valence-corrected chi connectivity index (χ1v) is 13.9. The van der Waals surface area contributed by atoms with Crippen molar-refractivity contribution in [2.75, 3.05) is 57.3 Å². The summed E-state index contributed by atoms with van der Waals surface area (Å²) in [5.74, 6) is 0.844. The fraction of sp³-hybridized carbons (Fsp3) is 0.500. The van der Waals surface area contributed by atoms with Crippen LogP contribution in [0.3, 0.4) is 0 Å². The summed E-state index contributed by atoms with van der Waals surface area (Å²) >= 11 is 12.6. The van der Waals surface area contributed by atoms with Gasteiger partial charge in [-0.1, -0.05) is 35.3 Å². The van der Waals surface area contributed by atoms with Crippen molar-refractivity contribution in [1.29, 1.82) is 0 Å². The molecule has 0 radical (unpaired) electrons. The molecule has 1 fully saturated rings. The van der Waals surface area contributed by atoms with Crippen LogP contribution in [-0.2, 0) is 6.42 Å². The summed E-state index contributed by atoms with van der Waals surface area (Å²) in [5.41, 5.74) is 4.25. The van der Waals surface area contributed by atoms with Crippen molar-refractivity contribution in [3.8, 4) is 5.75 Å². The third kappa shape index (κ3) is 7.53. The minimum absolute atomic E-state index is 0.486. The molecule has 4 rings (SSSR count). The molecule has 2 heterocycles. The number of hydrogen-bond acceptors (Lipinski definition) is 5. The van der Waals surface area contributed by atoms with E-state index in [1.54, 1.807) is 0 Å². The average Bonchev–Trinajstić information content (AvgIpc) is 2.90. The van der Waals surface area contributed by atoms with Crippen molar-refractivity contribution < 1.29 is 14.6 Å². The van der Waals surface area contributed by atoms with Gasteiger partial charge < -0.3 is 19.6 Å². The number of rotatable bonds is 11. The molecule has 2 aromatic rings. The van der Waals surface area contributed by atoms with Gasteiger partial charge in [-0.2, -0.15) is 0 Å². The molecule has 0 unspecified atom stereocenters. The number of ether oxygens (including phenoxy) is 1. The summed E-state index contributed by atoms with van der Waals surface area (Å²) < 4.78 is 6.03. The summed E-state index contributed by atoms with van der Waals surface area (Å²) in [6.45, 7) is 8.48. The lowest BCUT2D eigenvalue weighted by Crippen LogP contribution is -2.46. The van der Waals surface area contributed by atoms with Gasteiger partial charge in [-0.05, 0) is 62.9 Å². The minimum atomic E-state index is -0.875. The highest BCUT2D eigenvalue weighted by Crippen LogP contribution is 2.33. The summed E-state index contributed by atoms with van der Waals surface area (Å²) in [7, 11) is 0. The van der Waals surface area contributed by atoms with Crippen LogP contribution in [0.25, 0.3) is 0 Å². The van der Waals surface area contributed by atoms with E-state index in [-0.39, 0.29) is 0 Å². The first kappa shape index (κ1) is 27.6.